The Balaban J connectivity index is 0.00000312. The number of sulfonamides is 1. The molecular weight excluding hydrogens is 383 g/mol. The van der Waals surface area contributed by atoms with Gasteiger partial charge in [-0.25, -0.2) is 8.42 Å². The van der Waals surface area contributed by atoms with Crippen molar-refractivity contribution in [3.63, 3.8) is 0 Å². The number of carbonyl (C=O) groups is 1. The molecule has 0 aromatic rings. The highest BCUT2D eigenvalue weighted by atomic mass is 35.5. The summed E-state index contributed by atoms with van der Waals surface area (Å²) in [6, 6.07) is -0.943. The molecule has 6 nitrogen and oxygen atoms in total. The maximum Gasteiger partial charge on any atom is 0.402 e. The second kappa shape index (κ2) is 8.88. The van der Waals surface area contributed by atoms with Crippen molar-refractivity contribution >= 4 is 28.3 Å². The minimum Gasteiger partial charge on any atom is -0.341 e. The van der Waals surface area contributed by atoms with Gasteiger partial charge >= 0.3 is 6.18 Å². The number of hydrogen-bond acceptors (Lipinski definition) is 4. The second-order valence-electron chi connectivity index (χ2n) is 6.48. The number of likely N-dealkylation sites (tertiary alicyclic amines) is 1. The van der Waals surface area contributed by atoms with Gasteiger partial charge in [0.2, 0.25) is 15.9 Å². The van der Waals surface area contributed by atoms with Crippen LogP contribution in [0.4, 0.5) is 13.2 Å². The Kier molecular flexibility index (Phi) is 7.97. The van der Waals surface area contributed by atoms with Crippen LogP contribution in [0.25, 0.3) is 0 Å². The highest BCUT2D eigenvalue weighted by Gasteiger charge is 2.40. The fraction of sp³-hybridized carbons (Fsp3) is 0.929. The number of halogens is 4. The molecule has 2 heterocycles. The van der Waals surface area contributed by atoms with Crippen molar-refractivity contribution in [1.82, 2.24) is 14.5 Å². The van der Waals surface area contributed by atoms with Crippen LogP contribution < -0.4 is 5.32 Å². The number of amides is 1. The van der Waals surface area contributed by atoms with E-state index < -0.39 is 28.8 Å². The van der Waals surface area contributed by atoms with Crippen molar-refractivity contribution in [1.29, 1.82) is 0 Å². The molecule has 148 valence electrons. The van der Waals surface area contributed by atoms with Gasteiger partial charge in [0, 0.05) is 19.1 Å². The molecule has 2 rings (SSSR count). The van der Waals surface area contributed by atoms with Crippen molar-refractivity contribution in [2.75, 3.05) is 32.4 Å². The third-order valence-corrected chi connectivity index (χ3v) is 5.83. The molecule has 2 fully saturated rings. The van der Waals surface area contributed by atoms with Gasteiger partial charge in [-0.2, -0.15) is 17.5 Å². The Morgan fingerprint density at radius 3 is 2.24 bits per heavy atom. The summed E-state index contributed by atoms with van der Waals surface area (Å²) in [6.07, 6.45) is -0.560. The Morgan fingerprint density at radius 1 is 1.20 bits per heavy atom. The first-order valence-corrected chi connectivity index (χ1v) is 9.98. The van der Waals surface area contributed by atoms with E-state index in [2.05, 4.69) is 5.32 Å². The highest BCUT2D eigenvalue weighted by molar-refractivity contribution is 7.88. The van der Waals surface area contributed by atoms with E-state index >= 15 is 0 Å². The smallest absolute Gasteiger partial charge is 0.341 e. The first-order valence-electron chi connectivity index (χ1n) is 8.13. The van der Waals surface area contributed by atoms with Crippen molar-refractivity contribution in [2.45, 2.75) is 50.4 Å². The molecule has 2 saturated heterocycles. The van der Waals surface area contributed by atoms with E-state index in [0.29, 0.717) is 4.31 Å². The molecule has 1 N–H and O–H groups in total. The molecule has 0 aliphatic carbocycles. The average molecular weight is 408 g/mol. The molecule has 2 aliphatic heterocycles. The second-order valence-corrected chi connectivity index (χ2v) is 8.42. The van der Waals surface area contributed by atoms with E-state index in [1.165, 1.54) is 0 Å². The van der Waals surface area contributed by atoms with Crippen LogP contribution >= 0.6 is 12.4 Å². The first kappa shape index (κ1) is 22.5. The lowest BCUT2D eigenvalue weighted by molar-refractivity contribution is -0.143. The van der Waals surface area contributed by atoms with Gasteiger partial charge in [0.05, 0.1) is 12.3 Å². The zero-order valence-electron chi connectivity index (χ0n) is 14.1. The zero-order valence-corrected chi connectivity index (χ0v) is 15.7. The SMILES string of the molecule is CS(=O)(=O)N(CC(F)(F)F)C1CCN(C(=O)C2CCCCN2)CC1.Cl. The quantitative estimate of drug-likeness (QED) is 0.764. The molecule has 0 spiro atoms. The third-order valence-electron chi connectivity index (χ3n) is 4.55. The normalized spacial score (nSPS) is 23.4. The number of nitrogens with zero attached hydrogens (tertiary/aromatic N) is 2. The van der Waals surface area contributed by atoms with Gasteiger partial charge in [-0.15, -0.1) is 12.4 Å². The molecule has 0 radical (unpaired) electrons. The number of rotatable bonds is 4. The summed E-state index contributed by atoms with van der Waals surface area (Å²) in [6.45, 7) is -0.119. The van der Waals surface area contributed by atoms with Crippen LogP contribution in [0.5, 0.6) is 0 Å². The minimum absolute atomic E-state index is 0. The van der Waals surface area contributed by atoms with Crippen molar-refractivity contribution in [3.8, 4) is 0 Å². The van der Waals surface area contributed by atoms with Gasteiger partial charge in [0.25, 0.3) is 0 Å². The molecule has 2 aliphatic rings. The third kappa shape index (κ3) is 6.58. The van der Waals surface area contributed by atoms with E-state index in [0.717, 1.165) is 32.1 Å². The summed E-state index contributed by atoms with van der Waals surface area (Å²) in [4.78, 5) is 14.0. The Hall–Kier alpha value is -0.580. The monoisotopic (exact) mass is 407 g/mol. The van der Waals surface area contributed by atoms with Crippen LogP contribution in [0.15, 0.2) is 0 Å². The van der Waals surface area contributed by atoms with Crippen molar-refractivity contribution < 1.29 is 26.4 Å². The Labute approximate surface area is 152 Å². The van der Waals surface area contributed by atoms with Crippen LogP contribution in [0.1, 0.15) is 32.1 Å². The zero-order chi connectivity index (χ0) is 18.0. The lowest BCUT2D eigenvalue weighted by Crippen LogP contribution is -2.54. The number of alkyl halides is 3. The number of nitrogens with one attached hydrogen (secondary N) is 1. The van der Waals surface area contributed by atoms with Crippen LogP contribution in [0.2, 0.25) is 0 Å². The molecule has 0 aromatic carbocycles. The number of carbonyl (C=O) groups excluding carboxylic acids is 1. The molecule has 25 heavy (non-hydrogen) atoms. The molecule has 0 aromatic heterocycles. The standard InChI is InChI=1S/C14H24F3N3O3S.ClH/c1-24(22,23)20(10-14(15,16)17)11-5-8-19(9-6-11)13(21)12-4-2-3-7-18-12;/h11-12,18H,2-10H2,1H3;1H. The lowest BCUT2D eigenvalue weighted by Gasteiger charge is -2.39. The molecule has 0 bridgehead atoms. The topological polar surface area (TPSA) is 69.7 Å². The van der Waals surface area contributed by atoms with Crippen molar-refractivity contribution in [3.05, 3.63) is 0 Å². The first-order chi connectivity index (χ1) is 11.1. The summed E-state index contributed by atoms with van der Waals surface area (Å²) < 4.78 is 61.9. The predicted molar refractivity (Wildman–Crippen MR) is 90.1 cm³/mol. The fourth-order valence-electron chi connectivity index (χ4n) is 3.35. The number of piperidine rings is 2. The maximum absolute atomic E-state index is 12.7. The summed E-state index contributed by atoms with van der Waals surface area (Å²) in [5.41, 5.74) is 0. The van der Waals surface area contributed by atoms with E-state index in [-0.39, 0.29) is 50.3 Å². The molecule has 1 unspecified atom stereocenters. The Bertz CT molecular complexity index is 545. The lowest BCUT2D eigenvalue weighted by atomic mass is 10.0. The summed E-state index contributed by atoms with van der Waals surface area (Å²) >= 11 is 0. The van der Waals surface area contributed by atoms with Gasteiger partial charge in [0.1, 0.15) is 6.54 Å². The van der Waals surface area contributed by atoms with Crippen LogP contribution in [0, 0.1) is 0 Å². The van der Waals surface area contributed by atoms with Crippen molar-refractivity contribution in [2.24, 2.45) is 0 Å². The molecule has 1 amide bonds. The van der Waals surface area contributed by atoms with Crippen LogP contribution in [-0.4, -0.2) is 74.2 Å². The highest BCUT2D eigenvalue weighted by Crippen LogP contribution is 2.25. The van der Waals surface area contributed by atoms with Gasteiger partial charge < -0.3 is 10.2 Å². The van der Waals surface area contributed by atoms with E-state index in [1.807, 2.05) is 0 Å². The van der Waals surface area contributed by atoms with Gasteiger partial charge in [-0.05, 0) is 32.2 Å². The summed E-state index contributed by atoms with van der Waals surface area (Å²) in [5.74, 6) is -0.0325. The molecule has 1 atom stereocenters. The van der Waals surface area contributed by atoms with Crippen LogP contribution in [0.3, 0.4) is 0 Å². The predicted octanol–water partition coefficient (Wildman–Crippen LogP) is 1.37. The summed E-state index contributed by atoms with van der Waals surface area (Å²) in [7, 11) is -3.96. The largest absolute Gasteiger partial charge is 0.402 e. The Morgan fingerprint density at radius 2 is 1.80 bits per heavy atom. The average Bonchev–Trinajstić information content (AvgIpc) is 2.51. The maximum atomic E-state index is 12.7. The minimum atomic E-state index is -4.58. The van der Waals surface area contributed by atoms with Gasteiger partial charge in [-0.3, -0.25) is 4.79 Å². The van der Waals surface area contributed by atoms with Crippen LogP contribution in [-0.2, 0) is 14.8 Å². The van der Waals surface area contributed by atoms with E-state index in [9.17, 15) is 26.4 Å². The van der Waals surface area contributed by atoms with E-state index in [1.54, 1.807) is 4.90 Å². The fourth-order valence-corrected chi connectivity index (χ4v) is 4.48. The molecule has 11 heteroatoms. The molecule has 0 saturated carbocycles. The number of hydrogen-bond donors (Lipinski definition) is 1. The molecular formula is C14H25ClF3N3O3S. The summed E-state index contributed by atoms with van der Waals surface area (Å²) in [5, 5.41) is 3.16. The van der Waals surface area contributed by atoms with E-state index in [4.69, 9.17) is 0 Å². The van der Waals surface area contributed by atoms with Gasteiger partial charge in [0.15, 0.2) is 0 Å². The van der Waals surface area contributed by atoms with Gasteiger partial charge in [-0.1, -0.05) is 6.42 Å².